The van der Waals surface area contributed by atoms with Gasteiger partial charge in [-0.2, -0.15) is 0 Å². The number of benzene rings is 1. The summed E-state index contributed by atoms with van der Waals surface area (Å²) in [6.45, 7) is 2.78. The monoisotopic (exact) mass is 357 g/mol. The Morgan fingerprint density at radius 1 is 1.43 bits per heavy atom. The van der Waals surface area contributed by atoms with Gasteiger partial charge in [0, 0.05) is 4.47 Å². The Morgan fingerprint density at radius 2 is 2.05 bits per heavy atom. The Labute approximate surface area is 128 Å². The van der Waals surface area contributed by atoms with Gasteiger partial charge in [0.15, 0.2) is 0 Å². The molecule has 0 saturated carbocycles. The van der Waals surface area contributed by atoms with Crippen LogP contribution in [0.15, 0.2) is 16.6 Å². The van der Waals surface area contributed by atoms with Gasteiger partial charge >= 0.3 is 0 Å². The third-order valence-corrected chi connectivity index (χ3v) is 4.00. The Morgan fingerprint density at radius 3 is 2.67 bits per heavy atom. The van der Waals surface area contributed by atoms with E-state index in [4.69, 9.17) is 5.73 Å². The number of nitrogens with two attached hydrogens (primary N) is 1. The Kier molecular flexibility index (Phi) is 3.75. The maximum Gasteiger partial charge on any atom is 0.256 e. The highest BCUT2D eigenvalue weighted by atomic mass is 79.9. The first-order chi connectivity index (χ1) is 9.64. The van der Waals surface area contributed by atoms with Crippen molar-refractivity contribution in [1.82, 2.24) is 10.2 Å². The molecule has 3 amide bonds. The van der Waals surface area contributed by atoms with Crippen molar-refractivity contribution in [3.8, 4) is 0 Å². The highest BCUT2D eigenvalue weighted by Gasteiger charge is 2.44. The molecule has 0 aromatic heterocycles. The molecule has 112 valence electrons. The van der Waals surface area contributed by atoms with Gasteiger partial charge in [0.2, 0.25) is 5.91 Å². The molecule has 1 aliphatic heterocycles. The first-order valence-electron chi connectivity index (χ1n) is 6.05. The summed E-state index contributed by atoms with van der Waals surface area (Å²) in [7, 11) is 0. The third-order valence-electron chi connectivity index (χ3n) is 3.35. The van der Waals surface area contributed by atoms with E-state index in [9.17, 15) is 18.8 Å². The van der Waals surface area contributed by atoms with E-state index in [-0.39, 0.29) is 22.3 Å². The summed E-state index contributed by atoms with van der Waals surface area (Å²) in [5, 5.41) is 2.17. The minimum atomic E-state index is -1.20. The molecule has 6 nitrogen and oxygen atoms in total. The van der Waals surface area contributed by atoms with Crippen LogP contribution in [0.1, 0.15) is 24.2 Å². The summed E-state index contributed by atoms with van der Waals surface area (Å²) < 4.78 is 13.5. The molecule has 1 saturated heterocycles. The zero-order valence-electron chi connectivity index (χ0n) is 11.4. The number of halogens is 2. The maximum atomic E-state index is 13.3. The van der Waals surface area contributed by atoms with Crippen LogP contribution < -0.4 is 11.1 Å². The van der Waals surface area contributed by atoms with Crippen molar-refractivity contribution in [1.29, 1.82) is 0 Å². The van der Waals surface area contributed by atoms with Gasteiger partial charge in [0.25, 0.3) is 11.8 Å². The summed E-state index contributed by atoms with van der Waals surface area (Å²) in [5.74, 6) is -2.39. The number of piperazine rings is 1. The van der Waals surface area contributed by atoms with Gasteiger partial charge in [-0.1, -0.05) is 0 Å². The fourth-order valence-corrected chi connectivity index (χ4v) is 2.47. The van der Waals surface area contributed by atoms with E-state index in [0.29, 0.717) is 0 Å². The highest BCUT2D eigenvalue weighted by Crippen LogP contribution is 2.27. The predicted octanol–water partition coefficient (Wildman–Crippen LogP) is 1.05. The fourth-order valence-electron chi connectivity index (χ4n) is 1.98. The second-order valence-electron chi connectivity index (χ2n) is 5.18. The number of nitrogens with one attached hydrogen (secondary N) is 1. The van der Waals surface area contributed by atoms with E-state index >= 15 is 0 Å². The lowest BCUT2D eigenvalue weighted by Gasteiger charge is -2.40. The van der Waals surface area contributed by atoms with Crippen molar-refractivity contribution >= 4 is 39.3 Å². The molecule has 1 aromatic rings. The van der Waals surface area contributed by atoms with E-state index in [2.05, 4.69) is 21.2 Å². The Balaban J connectivity index is 2.46. The molecule has 8 heteroatoms. The number of hydrogen-bond donors (Lipinski definition) is 2. The number of nitrogen functional groups attached to an aromatic ring is 1. The topological polar surface area (TPSA) is 92.5 Å². The van der Waals surface area contributed by atoms with Crippen molar-refractivity contribution < 1.29 is 18.8 Å². The van der Waals surface area contributed by atoms with E-state index in [1.165, 1.54) is 19.9 Å². The van der Waals surface area contributed by atoms with Crippen molar-refractivity contribution in [2.45, 2.75) is 19.4 Å². The summed E-state index contributed by atoms with van der Waals surface area (Å²) >= 11 is 3.09. The lowest BCUT2D eigenvalue weighted by atomic mass is 9.97. The molecular weight excluding hydrogens is 345 g/mol. The van der Waals surface area contributed by atoms with Gasteiger partial charge in [-0.15, -0.1) is 0 Å². The number of carbonyl (C=O) groups excluding carboxylic acids is 3. The molecule has 1 heterocycles. The number of nitrogens with zero attached hydrogens (tertiary/aromatic N) is 1. The van der Waals surface area contributed by atoms with Crippen LogP contribution in [0.2, 0.25) is 0 Å². The number of carbonyl (C=O) groups is 3. The van der Waals surface area contributed by atoms with Crippen LogP contribution in [-0.2, 0) is 9.59 Å². The molecule has 0 atom stereocenters. The minimum absolute atomic E-state index is 0.0875. The number of amides is 3. The summed E-state index contributed by atoms with van der Waals surface area (Å²) in [4.78, 5) is 37.1. The number of hydrogen-bond acceptors (Lipinski definition) is 4. The normalized spacial score (nSPS) is 17.6. The zero-order chi connectivity index (χ0) is 15.9. The molecule has 0 aliphatic carbocycles. The molecule has 1 aliphatic rings. The Bertz CT molecular complexity index is 660. The van der Waals surface area contributed by atoms with Gasteiger partial charge in [0.1, 0.15) is 17.9 Å². The molecule has 3 N–H and O–H groups in total. The van der Waals surface area contributed by atoms with Gasteiger partial charge in [-0.05, 0) is 41.9 Å². The molecular formula is C13H13BrFN3O3. The van der Waals surface area contributed by atoms with Crippen molar-refractivity contribution in [2.24, 2.45) is 0 Å². The van der Waals surface area contributed by atoms with Crippen LogP contribution in [-0.4, -0.2) is 34.7 Å². The predicted molar refractivity (Wildman–Crippen MR) is 76.8 cm³/mol. The SMILES string of the molecule is CC1(C)C(=O)NC(=O)CN1C(=O)c1cc(N)c(F)cc1Br. The molecule has 1 aromatic carbocycles. The summed E-state index contributed by atoms with van der Waals surface area (Å²) in [5.41, 5.74) is 4.17. The van der Waals surface area contributed by atoms with Crippen LogP contribution in [0.25, 0.3) is 0 Å². The van der Waals surface area contributed by atoms with Crippen molar-refractivity contribution in [3.63, 3.8) is 0 Å². The standard InChI is InChI=1S/C13H13BrFN3O3/c1-13(2)12(21)17-10(19)5-18(13)11(20)6-3-9(16)8(15)4-7(6)14/h3-4H,5,16H2,1-2H3,(H,17,19,21). The molecule has 21 heavy (non-hydrogen) atoms. The lowest BCUT2D eigenvalue weighted by molar-refractivity contribution is -0.143. The highest BCUT2D eigenvalue weighted by molar-refractivity contribution is 9.10. The molecule has 0 bridgehead atoms. The molecule has 0 unspecified atom stereocenters. The average molecular weight is 358 g/mol. The van der Waals surface area contributed by atoms with E-state index < -0.39 is 29.1 Å². The average Bonchev–Trinajstić information content (AvgIpc) is 2.37. The summed E-state index contributed by atoms with van der Waals surface area (Å²) in [6, 6.07) is 2.25. The van der Waals surface area contributed by atoms with Crippen LogP contribution in [0.5, 0.6) is 0 Å². The second-order valence-corrected chi connectivity index (χ2v) is 6.04. The van der Waals surface area contributed by atoms with Crippen molar-refractivity contribution in [2.75, 3.05) is 12.3 Å². The van der Waals surface area contributed by atoms with E-state index in [0.717, 1.165) is 11.0 Å². The summed E-state index contributed by atoms with van der Waals surface area (Å²) in [6.07, 6.45) is 0. The van der Waals surface area contributed by atoms with Crippen molar-refractivity contribution in [3.05, 3.63) is 28.0 Å². The van der Waals surface area contributed by atoms with Crippen LogP contribution >= 0.6 is 15.9 Å². The van der Waals surface area contributed by atoms with Gasteiger partial charge in [-0.3, -0.25) is 19.7 Å². The largest absolute Gasteiger partial charge is 0.396 e. The Hall–Kier alpha value is -1.96. The quantitative estimate of drug-likeness (QED) is 0.580. The minimum Gasteiger partial charge on any atom is -0.396 e. The lowest BCUT2D eigenvalue weighted by Crippen LogP contribution is -2.65. The van der Waals surface area contributed by atoms with E-state index in [1.807, 2.05) is 0 Å². The molecule has 2 rings (SSSR count). The molecule has 1 fully saturated rings. The van der Waals surface area contributed by atoms with Gasteiger partial charge < -0.3 is 10.6 Å². The smallest absolute Gasteiger partial charge is 0.256 e. The van der Waals surface area contributed by atoms with Gasteiger partial charge in [-0.25, -0.2) is 4.39 Å². The molecule has 0 radical (unpaired) electrons. The first kappa shape index (κ1) is 15.4. The zero-order valence-corrected chi connectivity index (χ0v) is 13.0. The van der Waals surface area contributed by atoms with Gasteiger partial charge in [0.05, 0.1) is 11.3 Å². The van der Waals surface area contributed by atoms with Crippen LogP contribution in [0.4, 0.5) is 10.1 Å². The molecule has 0 spiro atoms. The second kappa shape index (κ2) is 5.10. The first-order valence-corrected chi connectivity index (χ1v) is 6.84. The number of anilines is 1. The van der Waals surface area contributed by atoms with Crippen LogP contribution in [0, 0.1) is 5.82 Å². The number of imide groups is 1. The third kappa shape index (κ3) is 2.63. The van der Waals surface area contributed by atoms with Crippen LogP contribution in [0.3, 0.4) is 0 Å². The fraction of sp³-hybridized carbons (Fsp3) is 0.308. The van der Waals surface area contributed by atoms with E-state index in [1.54, 1.807) is 0 Å². The number of rotatable bonds is 1. The maximum absolute atomic E-state index is 13.3.